The second kappa shape index (κ2) is 5.11. The number of nitrogens with zero attached hydrogens (tertiary/aromatic N) is 1. The molecule has 0 saturated carbocycles. The van der Waals surface area contributed by atoms with Crippen LogP contribution >= 0.6 is 0 Å². The van der Waals surface area contributed by atoms with Crippen LogP contribution in [0.2, 0.25) is 0 Å². The molecule has 0 aromatic heterocycles. The largest absolute Gasteiger partial charge is 0.263 e. The van der Waals surface area contributed by atoms with Crippen LogP contribution in [0.1, 0.15) is 47.5 Å². The van der Waals surface area contributed by atoms with Crippen molar-refractivity contribution in [2.45, 2.75) is 47.5 Å². The Labute approximate surface area is 70.2 Å². The number of hydrogen-bond acceptors (Lipinski definition) is 1. The lowest BCUT2D eigenvalue weighted by molar-refractivity contribution is 0.981. The van der Waals surface area contributed by atoms with Gasteiger partial charge in [-0.2, -0.15) is 0 Å². The van der Waals surface area contributed by atoms with Gasteiger partial charge in [0.05, 0.1) is 0 Å². The number of aliphatic imine (C=N–C) groups is 1. The lowest BCUT2D eigenvalue weighted by atomic mass is 10.2. The van der Waals surface area contributed by atoms with Gasteiger partial charge in [-0.1, -0.05) is 18.9 Å². The summed E-state index contributed by atoms with van der Waals surface area (Å²) in [5.41, 5.74) is 3.71. The molecule has 0 aliphatic heterocycles. The Bertz CT molecular complexity index is 171. The molecule has 11 heavy (non-hydrogen) atoms. The van der Waals surface area contributed by atoms with Gasteiger partial charge >= 0.3 is 0 Å². The highest BCUT2D eigenvalue weighted by atomic mass is 14.7. The minimum absolute atomic E-state index is 1.12. The highest BCUT2D eigenvalue weighted by Crippen LogP contribution is 2.05. The molecule has 0 aromatic carbocycles. The molecule has 0 rings (SSSR count). The van der Waals surface area contributed by atoms with Crippen molar-refractivity contribution in [1.82, 2.24) is 0 Å². The normalized spacial score (nSPS) is 11.5. The molecule has 0 saturated heterocycles. The first-order valence-corrected chi connectivity index (χ1v) is 4.26. The molecular weight excluding hydrogens is 134 g/mol. The molecule has 0 spiro atoms. The summed E-state index contributed by atoms with van der Waals surface area (Å²) in [5.74, 6) is 0. The predicted molar refractivity (Wildman–Crippen MR) is 52.1 cm³/mol. The molecule has 0 fully saturated rings. The Hall–Kier alpha value is -0.590. The summed E-state index contributed by atoms with van der Waals surface area (Å²) >= 11 is 0. The molecule has 0 N–H and O–H groups in total. The van der Waals surface area contributed by atoms with E-state index in [1.807, 2.05) is 0 Å². The second-order valence-electron chi connectivity index (χ2n) is 3.18. The van der Waals surface area contributed by atoms with E-state index in [1.54, 1.807) is 0 Å². The van der Waals surface area contributed by atoms with Crippen molar-refractivity contribution in [3.8, 4) is 0 Å². The van der Waals surface area contributed by atoms with Crippen molar-refractivity contribution in [1.29, 1.82) is 0 Å². The van der Waals surface area contributed by atoms with E-state index >= 15 is 0 Å². The zero-order chi connectivity index (χ0) is 8.85. The zero-order valence-corrected chi connectivity index (χ0v) is 8.36. The Morgan fingerprint density at radius 1 is 1.09 bits per heavy atom. The molecule has 0 atom stereocenters. The van der Waals surface area contributed by atoms with Gasteiger partial charge in [0.15, 0.2) is 0 Å². The van der Waals surface area contributed by atoms with Crippen LogP contribution in [0.4, 0.5) is 0 Å². The van der Waals surface area contributed by atoms with E-state index in [-0.39, 0.29) is 0 Å². The Morgan fingerprint density at radius 2 is 1.64 bits per heavy atom. The summed E-state index contributed by atoms with van der Waals surface area (Å²) < 4.78 is 0. The van der Waals surface area contributed by atoms with Crippen LogP contribution in [0.3, 0.4) is 0 Å². The van der Waals surface area contributed by atoms with Gasteiger partial charge in [0.2, 0.25) is 0 Å². The maximum atomic E-state index is 4.46. The zero-order valence-electron chi connectivity index (χ0n) is 8.36. The van der Waals surface area contributed by atoms with Crippen molar-refractivity contribution >= 4 is 5.71 Å². The van der Waals surface area contributed by atoms with Gasteiger partial charge in [-0.3, -0.25) is 4.99 Å². The first-order chi connectivity index (χ1) is 5.07. The second-order valence-corrected chi connectivity index (χ2v) is 3.18. The monoisotopic (exact) mass is 153 g/mol. The van der Waals surface area contributed by atoms with Crippen LogP contribution < -0.4 is 0 Å². The minimum Gasteiger partial charge on any atom is -0.263 e. The van der Waals surface area contributed by atoms with E-state index in [9.17, 15) is 0 Å². The fourth-order valence-corrected chi connectivity index (χ4v) is 0.816. The van der Waals surface area contributed by atoms with E-state index in [4.69, 9.17) is 0 Å². The topological polar surface area (TPSA) is 12.4 Å². The smallest absolute Gasteiger partial charge is 0.0358 e. The summed E-state index contributed by atoms with van der Waals surface area (Å²) in [6, 6.07) is 0. The summed E-state index contributed by atoms with van der Waals surface area (Å²) in [6.07, 6.45) is 2.30. The number of rotatable bonds is 3. The van der Waals surface area contributed by atoms with Gasteiger partial charge < -0.3 is 0 Å². The number of allylic oxidation sites excluding steroid dienone is 2. The molecule has 0 aliphatic rings. The van der Waals surface area contributed by atoms with E-state index in [1.165, 1.54) is 17.7 Å². The van der Waals surface area contributed by atoms with E-state index in [0.29, 0.717) is 0 Å². The van der Waals surface area contributed by atoms with Gasteiger partial charge in [-0.25, -0.2) is 0 Å². The predicted octanol–water partition coefficient (Wildman–Crippen LogP) is 3.56. The van der Waals surface area contributed by atoms with E-state index in [2.05, 4.69) is 39.6 Å². The van der Waals surface area contributed by atoms with Crippen LogP contribution in [0.25, 0.3) is 0 Å². The maximum Gasteiger partial charge on any atom is 0.0358 e. The summed E-state index contributed by atoms with van der Waals surface area (Å²) in [4.78, 5) is 4.46. The van der Waals surface area contributed by atoms with Crippen molar-refractivity contribution in [3.63, 3.8) is 0 Å². The average molecular weight is 153 g/mol. The molecule has 0 heterocycles. The molecule has 1 nitrogen and oxygen atoms in total. The molecule has 0 aliphatic carbocycles. The fraction of sp³-hybridized carbons (Fsp3) is 0.700. The van der Waals surface area contributed by atoms with E-state index in [0.717, 1.165) is 12.1 Å². The van der Waals surface area contributed by atoms with Gasteiger partial charge in [-0.05, 0) is 34.1 Å². The average Bonchev–Trinajstić information content (AvgIpc) is 1.87. The molecule has 64 valence electrons. The standard InChI is InChI=1S/C10H19N/c1-6-7-9(4)11-10(5)8(2)3/h6-7H2,1-5H3. The van der Waals surface area contributed by atoms with Gasteiger partial charge in [0.25, 0.3) is 0 Å². The highest BCUT2D eigenvalue weighted by Gasteiger charge is 1.91. The third-order valence-electron chi connectivity index (χ3n) is 1.69. The SMILES string of the molecule is CCCC(C)=NC(C)=C(C)C. The molecule has 0 amide bonds. The quantitative estimate of drug-likeness (QED) is 0.550. The first-order valence-electron chi connectivity index (χ1n) is 4.26. The first kappa shape index (κ1) is 10.4. The van der Waals surface area contributed by atoms with Crippen LogP contribution in [0.15, 0.2) is 16.3 Å². The van der Waals surface area contributed by atoms with Crippen LogP contribution in [0.5, 0.6) is 0 Å². The Kier molecular flexibility index (Phi) is 4.84. The lowest BCUT2D eigenvalue weighted by Crippen LogP contribution is -1.90. The third-order valence-corrected chi connectivity index (χ3v) is 1.69. The van der Waals surface area contributed by atoms with Crippen LogP contribution in [0, 0.1) is 0 Å². The third kappa shape index (κ3) is 4.77. The fourth-order valence-electron chi connectivity index (χ4n) is 0.816. The van der Waals surface area contributed by atoms with Crippen molar-refractivity contribution < 1.29 is 0 Å². The summed E-state index contributed by atoms with van der Waals surface area (Å²) in [6.45, 7) is 10.5. The van der Waals surface area contributed by atoms with Gasteiger partial charge in [0.1, 0.15) is 0 Å². The molecule has 0 unspecified atom stereocenters. The summed E-state index contributed by atoms with van der Waals surface area (Å²) in [7, 11) is 0. The minimum atomic E-state index is 1.12. The Morgan fingerprint density at radius 3 is 2.00 bits per heavy atom. The van der Waals surface area contributed by atoms with Gasteiger partial charge in [0, 0.05) is 11.4 Å². The van der Waals surface area contributed by atoms with Crippen molar-refractivity contribution in [2.75, 3.05) is 0 Å². The lowest BCUT2D eigenvalue weighted by Gasteiger charge is -1.99. The Balaban J connectivity index is 4.19. The van der Waals surface area contributed by atoms with Crippen LogP contribution in [-0.2, 0) is 0 Å². The summed E-state index contributed by atoms with van der Waals surface area (Å²) in [5, 5.41) is 0. The molecular formula is C10H19N. The molecule has 0 radical (unpaired) electrons. The van der Waals surface area contributed by atoms with Crippen LogP contribution in [-0.4, -0.2) is 5.71 Å². The molecule has 1 heteroatoms. The van der Waals surface area contributed by atoms with Crippen molar-refractivity contribution in [2.24, 2.45) is 4.99 Å². The van der Waals surface area contributed by atoms with Crippen molar-refractivity contribution in [3.05, 3.63) is 11.3 Å². The van der Waals surface area contributed by atoms with E-state index < -0.39 is 0 Å². The maximum absolute atomic E-state index is 4.46. The highest BCUT2D eigenvalue weighted by molar-refractivity contribution is 5.82. The van der Waals surface area contributed by atoms with Gasteiger partial charge in [-0.15, -0.1) is 0 Å². The number of hydrogen-bond donors (Lipinski definition) is 0. The molecule has 0 bridgehead atoms. The molecule has 0 aromatic rings.